The largest absolute Gasteiger partial charge is 0.397 e. The number of nitrogens with two attached hydrogens (primary N) is 1. The van der Waals surface area contributed by atoms with Crippen LogP contribution in [0, 0.1) is 10.1 Å². The van der Waals surface area contributed by atoms with Crippen molar-refractivity contribution >= 4 is 34.6 Å². The fourth-order valence-corrected chi connectivity index (χ4v) is 1.79. The van der Waals surface area contributed by atoms with Crippen LogP contribution in [0.4, 0.5) is 17.1 Å². The molecule has 21 heavy (non-hydrogen) atoms. The third-order valence-electron chi connectivity index (χ3n) is 2.62. The Balaban J connectivity index is 2.10. The van der Waals surface area contributed by atoms with Crippen molar-refractivity contribution in [1.29, 1.82) is 0 Å². The third kappa shape index (κ3) is 3.90. The van der Waals surface area contributed by atoms with Crippen LogP contribution in [0.3, 0.4) is 0 Å². The Labute approximate surface area is 124 Å². The van der Waals surface area contributed by atoms with Gasteiger partial charge in [0, 0.05) is 17.8 Å². The normalized spacial score (nSPS) is 10.1. The molecule has 1 aromatic carbocycles. The van der Waals surface area contributed by atoms with Crippen LogP contribution in [0.15, 0.2) is 36.5 Å². The molecule has 3 N–H and O–H groups in total. The molecule has 0 bridgehead atoms. The van der Waals surface area contributed by atoms with Crippen LogP contribution in [-0.4, -0.2) is 15.8 Å². The van der Waals surface area contributed by atoms with Gasteiger partial charge in [-0.1, -0.05) is 11.6 Å². The summed E-state index contributed by atoms with van der Waals surface area (Å²) in [7, 11) is 0. The number of hydrogen-bond acceptors (Lipinski definition) is 5. The van der Waals surface area contributed by atoms with E-state index in [0.29, 0.717) is 11.4 Å². The lowest BCUT2D eigenvalue weighted by Gasteiger charge is -2.07. The molecule has 1 amide bonds. The molecule has 0 saturated carbocycles. The number of nitrogen functional groups attached to an aromatic ring is 1. The second-order valence-electron chi connectivity index (χ2n) is 4.23. The van der Waals surface area contributed by atoms with Gasteiger partial charge in [-0.15, -0.1) is 0 Å². The zero-order valence-corrected chi connectivity index (χ0v) is 11.5. The molecule has 0 aliphatic carbocycles. The van der Waals surface area contributed by atoms with E-state index in [4.69, 9.17) is 17.3 Å². The number of amides is 1. The highest BCUT2D eigenvalue weighted by Gasteiger charge is 2.12. The van der Waals surface area contributed by atoms with E-state index in [-0.39, 0.29) is 28.7 Å². The molecule has 7 nitrogen and oxygen atoms in total. The van der Waals surface area contributed by atoms with Crippen molar-refractivity contribution in [3.63, 3.8) is 0 Å². The zero-order chi connectivity index (χ0) is 15.4. The quantitative estimate of drug-likeness (QED) is 0.665. The Bertz CT molecular complexity index is 688. The standard InChI is InChI=1S/C13H11ClN4O3/c14-11-4-3-10(18(20)21)6-12(11)17-13(19)5-9-2-1-8(15)7-16-9/h1-4,6-7H,5,15H2,(H,17,19). The summed E-state index contributed by atoms with van der Waals surface area (Å²) in [6.45, 7) is 0. The van der Waals surface area contributed by atoms with Crippen molar-refractivity contribution in [3.05, 3.63) is 57.4 Å². The lowest BCUT2D eigenvalue weighted by atomic mass is 10.2. The van der Waals surface area contributed by atoms with Gasteiger partial charge in [-0.25, -0.2) is 0 Å². The molecular formula is C13H11ClN4O3. The van der Waals surface area contributed by atoms with Crippen LogP contribution in [0.1, 0.15) is 5.69 Å². The summed E-state index contributed by atoms with van der Waals surface area (Å²) >= 11 is 5.90. The van der Waals surface area contributed by atoms with E-state index in [1.165, 1.54) is 24.4 Å². The van der Waals surface area contributed by atoms with Crippen LogP contribution in [0.25, 0.3) is 0 Å². The SMILES string of the molecule is Nc1ccc(CC(=O)Nc2cc([N+](=O)[O-])ccc2Cl)nc1. The average molecular weight is 307 g/mol. The number of aromatic nitrogens is 1. The highest BCUT2D eigenvalue weighted by atomic mass is 35.5. The van der Waals surface area contributed by atoms with Gasteiger partial charge in [0.2, 0.25) is 5.91 Å². The lowest BCUT2D eigenvalue weighted by Crippen LogP contribution is -2.15. The number of nitrogens with one attached hydrogen (secondary N) is 1. The Hall–Kier alpha value is -2.67. The summed E-state index contributed by atoms with van der Waals surface area (Å²) in [5, 5.41) is 13.4. The van der Waals surface area contributed by atoms with Crippen molar-refractivity contribution in [2.24, 2.45) is 0 Å². The van der Waals surface area contributed by atoms with Gasteiger partial charge in [-0.05, 0) is 18.2 Å². The van der Waals surface area contributed by atoms with Gasteiger partial charge < -0.3 is 11.1 Å². The molecule has 0 aliphatic heterocycles. The Kier molecular flexibility index (Phi) is 4.34. The molecule has 0 radical (unpaired) electrons. The number of carbonyl (C=O) groups is 1. The number of rotatable bonds is 4. The minimum atomic E-state index is -0.562. The summed E-state index contributed by atoms with van der Waals surface area (Å²) in [6.07, 6.45) is 1.46. The molecule has 8 heteroatoms. The van der Waals surface area contributed by atoms with Crippen LogP contribution < -0.4 is 11.1 Å². The van der Waals surface area contributed by atoms with Gasteiger partial charge in [-0.3, -0.25) is 19.9 Å². The summed E-state index contributed by atoms with van der Waals surface area (Å²) < 4.78 is 0. The first-order valence-electron chi connectivity index (χ1n) is 5.90. The molecule has 1 aromatic heterocycles. The van der Waals surface area contributed by atoms with E-state index in [2.05, 4.69) is 10.3 Å². The molecule has 0 atom stereocenters. The number of nitrogens with zero attached hydrogens (tertiary/aromatic N) is 2. The van der Waals surface area contributed by atoms with Crippen LogP contribution >= 0.6 is 11.6 Å². The third-order valence-corrected chi connectivity index (χ3v) is 2.95. The van der Waals surface area contributed by atoms with Crippen LogP contribution in [-0.2, 0) is 11.2 Å². The lowest BCUT2D eigenvalue weighted by molar-refractivity contribution is -0.384. The highest BCUT2D eigenvalue weighted by molar-refractivity contribution is 6.33. The van der Waals surface area contributed by atoms with E-state index in [9.17, 15) is 14.9 Å². The fraction of sp³-hybridized carbons (Fsp3) is 0.0769. The predicted octanol–water partition coefficient (Wildman–Crippen LogP) is 2.41. The molecule has 1 heterocycles. The molecule has 108 valence electrons. The smallest absolute Gasteiger partial charge is 0.271 e. The Morgan fingerprint density at radius 1 is 1.38 bits per heavy atom. The number of carbonyl (C=O) groups excluding carboxylic acids is 1. The number of benzene rings is 1. The highest BCUT2D eigenvalue weighted by Crippen LogP contribution is 2.26. The number of non-ortho nitro benzene ring substituents is 1. The maximum absolute atomic E-state index is 11.9. The summed E-state index contributed by atoms with van der Waals surface area (Å²) in [6, 6.07) is 7.09. The number of nitro benzene ring substituents is 1. The van der Waals surface area contributed by atoms with Crippen molar-refractivity contribution in [3.8, 4) is 0 Å². The molecule has 0 spiro atoms. The number of pyridine rings is 1. The van der Waals surface area contributed by atoms with E-state index in [0.717, 1.165) is 0 Å². The first kappa shape index (κ1) is 14.7. The number of hydrogen-bond donors (Lipinski definition) is 2. The number of anilines is 2. The van der Waals surface area contributed by atoms with Crippen molar-refractivity contribution in [2.75, 3.05) is 11.1 Å². The maximum Gasteiger partial charge on any atom is 0.271 e. The number of nitro groups is 1. The van der Waals surface area contributed by atoms with Crippen LogP contribution in [0.2, 0.25) is 5.02 Å². The Morgan fingerprint density at radius 2 is 2.14 bits per heavy atom. The number of halogens is 1. The molecule has 2 rings (SSSR count). The van der Waals surface area contributed by atoms with Gasteiger partial charge in [0.15, 0.2) is 0 Å². The average Bonchev–Trinajstić information content (AvgIpc) is 2.43. The minimum Gasteiger partial charge on any atom is -0.397 e. The second kappa shape index (κ2) is 6.19. The maximum atomic E-state index is 11.9. The van der Waals surface area contributed by atoms with Gasteiger partial charge in [0.05, 0.1) is 33.9 Å². The van der Waals surface area contributed by atoms with Crippen molar-refractivity contribution in [2.45, 2.75) is 6.42 Å². The summed E-state index contributed by atoms with van der Waals surface area (Å²) in [5.74, 6) is -0.380. The molecule has 0 fully saturated rings. The summed E-state index contributed by atoms with van der Waals surface area (Å²) in [5.41, 5.74) is 6.57. The molecule has 0 aliphatic rings. The first-order valence-corrected chi connectivity index (χ1v) is 6.27. The topological polar surface area (TPSA) is 111 Å². The van der Waals surface area contributed by atoms with E-state index in [1.54, 1.807) is 12.1 Å². The van der Waals surface area contributed by atoms with Gasteiger partial charge in [-0.2, -0.15) is 0 Å². The first-order chi connectivity index (χ1) is 9.95. The van der Waals surface area contributed by atoms with Crippen molar-refractivity contribution in [1.82, 2.24) is 4.98 Å². The molecular weight excluding hydrogens is 296 g/mol. The molecule has 0 unspecified atom stereocenters. The second-order valence-corrected chi connectivity index (χ2v) is 4.64. The van der Waals surface area contributed by atoms with Gasteiger partial charge in [0.1, 0.15) is 0 Å². The van der Waals surface area contributed by atoms with Gasteiger partial charge >= 0.3 is 0 Å². The zero-order valence-electron chi connectivity index (χ0n) is 10.7. The Morgan fingerprint density at radius 3 is 2.76 bits per heavy atom. The van der Waals surface area contributed by atoms with E-state index < -0.39 is 4.92 Å². The molecule has 2 aromatic rings. The van der Waals surface area contributed by atoms with Gasteiger partial charge in [0.25, 0.3) is 5.69 Å². The van der Waals surface area contributed by atoms with E-state index in [1.807, 2.05) is 0 Å². The monoisotopic (exact) mass is 306 g/mol. The minimum absolute atomic E-state index is 0.0132. The predicted molar refractivity (Wildman–Crippen MR) is 79.1 cm³/mol. The van der Waals surface area contributed by atoms with E-state index >= 15 is 0 Å². The molecule has 0 saturated heterocycles. The van der Waals surface area contributed by atoms with Crippen molar-refractivity contribution < 1.29 is 9.72 Å². The summed E-state index contributed by atoms with van der Waals surface area (Å²) in [4.78, 5) is 26.0. The van der Waals surface area contributed by atoms with Crippen LogP contribution in [0.5, 0.6) is 0 Å². The fourth-order valence-electron chi connectivity index (χ4n) is 1.62.